The minimum absolute atomic E-state index is 0.447. The molecule has 0 aliphatic carbocycles. The highest BCUT2D eigenvalue weighted by Gasteiger charge is 2.25. The fraction of sp³-hybridized carbons (Fsp3) is 0.333. The first-order valence-corrected chi connectivity index (χ1v) is 10.6. The molecule has 2 heterocycles. The van der Waals surface area contributed by atoms with Crippen LogP contribution in [0.3, 0.4) is 0 Å². The van der Waals surface area contributed by atoms with E-state index in [1.165, 1.54) is 9.71 Å². The van der Waals surface area contributed by atoms with Crippen molar-refractivity contribution >= 4 is 28.3 Å². The lowest BCUT2D eigenvalue weighted by atomic mass is 10.2. The van der Waals surface area contributed by atoms with E-state index in [0.29, 0.717) is 44.2 Å². The van der Waals surface area contributed by atoms with Crippen molar-refractivity contribution in [2.24, 2.45) is 0 Å². The first-order chi connectivity index (χ1) is 13.0. The number of rotatable bonds is 7. The monoisotopic (exact) mass is 405 g/mol. The molecule has 0 bridgehead atoms. The average molecular weight is 406 g/mol. The Labute approximate surface area is 164 Å². The molecule has 9 heteroatoms. The van der Waals surface area contributed by atoms with Crippen molar-refractivity contribution in [1.29, 1.82) is 0 Å². The maximum absolute atomic E-state index is 12.5. The molecular weight excluding hydrogens is 382 g/mol. The van der Waals surface area contributed by atoms with Crippen LogP contribution in [-0.2, 0) is 23.2 Å². The molecule has 1 fully saturated rings. The molecule has 1 aliphatic rings. The quantitative estimate of drug-likeness (QED) is 0.522. The third kappa shape index (κ3) is 5.01. The minimum Gasteiger partial charge on any atom is -0.303 e. The van der Waals surface area contributed by atoms with Crippen LogP contribution >= 0.6 is 12.2 Å². The van der Waals surface area contributed by atoms with Gasteiger partial charge in [0.15, 0.2) is 4.77 Å². The molecule has 0 amide bonds. The Kier molecular flexibility index (Phi) is 6.38. The van der Waals surface area contributed by atoms with Crippen LogP contribution in [0.4, 0.5) is 0 Å². The van der Waals surface area contributed by atoms with Gasteiger partial charge in [0.25, 0.3) is 0 Å². The highest BCUT2D eigenvalue weighted by Crippen LogP contribution is 2.12. The Bertz CT molecular complexity index is 955. The van der Waals surface area contributed by atoms with Crippen LogP contribution in [0.1, 0.15) is 5.56 Å². The number of sulfonamides is 1. The summed E-state index contributed by atoms with van der Waals surface area (Å²) in [6, 6.07) is 9.41. The molecule has 7 nitrogen and oxygen atoms in total. The number of piperazine rings is 1. The maximum Gasteiger partial charge on any atom is 0.236 e. The Morgan fingerprint density at radius 3 is 2.52 bits per heavy atom. The van der Waals surface area contributed by atoms with Gasteiger partial charge >= 0.3 is 0 Å². The average Bonchev–Trinajstić information content (AvgIpc) is 3.02. The predicted octanol–water partition coefficient (Wildman–Crippen LogP) is 2.18. The first-order valence-electron chi connectivity index (χ1n) is 8.68. The van der Waals surface area contributed by atoms with Gasteiger partial charge in [-0.3, -0.25) is 4.90 Å². The number of benzene rings is 1. The standard InChI is InChI=1S/C18H23N5O2S2/c1-2-9-21-15-19-23(18(21)26)16-20-10-12-22(13-11-20)27(24,25)14-8-17-6-4-3-5-7-17/h2-8,14-15H,1,9-13,16H2/b14-8+. The van der Waals surface area contributed by atoms with Gasteiger partial charge in [-0.25, -0.2) is 13.1 Å². The van der Waals surface area contributed by atoms with E-state index in [2.05, 4.69) is 16.6 Å². The zero-order valence-electron chi connectivity index (χ0n) is 15.0. The molecule has 1 aliphatic heterocycles. The molecule has 0 atom stereocenters. The van der Waals surface area contributed by atoms with Gasteiger partial charge in [0, 0.05) is 38.1 Å². The van der Waals surface area contributed by atoms with Gasteiger partial charge in [0.05, 0.1) is 6.67 Å². The largest absolute Gasteiger partial charge is 0.303 e. The van der Waals surface area contributed by atoms with Gasteiger partial charge in [-0.2, -0.15) is 9.40 Å². The zero-order chi connectivity index (χ0) is 19.3. The van der Waals surface area contributed by atoms with E-state index >= 15 is 0 Å². The zero-order valence-corrected chi connectivity index (χ0v) is 16.6. The smallest absolute Gasteiger partial charge is 0.236 e. The van der Waals surface area contributed by atoms with E-state index in [1.807, 2.05) is 34.9 Å². The molecule has 0 N–H and O–H groups in total. The SMILES string of the molecule is C=CCn1cnn(CN2CCN(S(=O)(=O)/C=C/c3ccccc3)CC2)c1=S. The van der Waals surface area contributed by atoms with Crippen molar-refractivity contribution in [2.75, 3.05) is 26.2 Å². The molecule has 0 unspecified atom stereocenters. The molecule has 2 aromatic rings. The van der Waals surface area contributed by atoms with E-state index in [-0.39, 0.29) is 0 Å². The Morgan fingerprint density at radius 2 is 1.85 bits per heavy atom. The molecule has 1 aromatic carbocycles. The van der Waals surface area contributed by atoms with Crippen molar-refractivity contribution in [3.8, 4) is 0 Å². The van der Waals surface area contributed by atoms with Crippen LogP contribution in [0.15, 0.2) is 54.7 Å². The summed E-state index contributed by atoms with van der Waals surface area (Å²) in [5.74, 6) is 0. The summed E-state index contributed by atoms with van der Waals surface area (Å²) in [5, 5.41) is 5.59. The summed E-state index contributed by atoms with van der Waals surface area (Å²) < 4.78 is 30.8. The van der Waals surface area contributed by atoms with Crippen LogP contribution < -0.4 is 0 Å². The topological polar surface area (TPSA) is 63.4 Å². The molecule has 0 spiro atoms. The number of aromatic nitrogens is 3. The molecular formula is C18H23N5O2S2. The maximum atomic E-state index is 12.5. The summed E-state index contributed by atoms with van der Waals surface area (Å²) >= 11 is 5.40. The molecule has 27 heavy (non-hydrogen) atoms. The fourth-order valence-corrected chi connectivity index (χ4v) is 4.26. The number of nitrogens with zero attached hydrogens (tertiary/aromatic N) is 5. The Hall–Kier alpha value is -2.07. The third-order valence-corrected chi connectivity index (χ3v) is 6.39. The van der Waals surface area contributed by atoms with Gasteiger partial charge < -0.3 is 4.57 Å². The highest BCUT2D eigenvalue weighted by molar-refractivity contribution is 7.92. The van der Waals surface area contributed by atoms with Gasteiger partial charge in [0.1, 0.15) is 6.33 Å². The van der Waals surface area contributed by atoms with E-state index < -0.39 is 10.0 Å². The lowest BCUT2D eigenvalue weighted by molar-refractivity contribution is 0.145. The van der Waals surface area contributed by atoms with E-state index in [0.717, 1.165) is 5.56 Å². The number of hydrogen-bond donors (Lipinski definition) is 0. The molecule has 1 aromatic heterocycles. The summed E-state index contributed by atoms with van der Waals surface area (Å²) in [7, 11) is -3.42. The van der Waals surface area contributed by atoms with Crippen LogP contribution in [0, 0.1) is 4.77 Å². The summed E-state index contributed by atoms with van der Waals surface area (Å²) in [6.45, 7) is 7.04. The second kappa shape index (κ2) is 8.75. The van der Waals surface area contributed by atoms with Crippen LogP contribution in [0.25, 0.3) is 6.08 Å². The van der Waals surface area contributed by atoms with Gasteiger partial charge in [-0.1, -0.05) is 36.4 Å². The van der Waals surface area contributed by atoms with Gasteiger partial charge in [0.2, 0.25) is 10.0 Å². The molecule has 144 valence electrons. The van der Waals surface area contributed by atoms with Crippen molar-refractivity contribution in [3.63, 3.8) is 0 Å². The molecule has 0 saturated carbocycles. The first kappa shape index (κ1) is 19.7. The molecule has 3 rings (SSSR count). The normalized spacial score (nSPS) is 16.7. The minimum atomic E-state index is -3.42. The predicted molar refractivity (Wildman–Crippen MR) is 109 cm³/mol. The second-order valence-corrected chi connectivity index (χ2v) is 8.45. The highest BCUT2D eigenvalue weighted by atomic mass is 32.2. The van der Waals surface area contributed by atoms with Crippen LogP contribution in [-0.4, -0.2) is 58.1 Å². The number of hydrogen-bond acceptors (Lipinski definition) is 5. The lowest BCUT2D eigenvalue weighted by Gasteiger charge is -2.32. The second-order valence-electron chi connectivity index (χ2n) is 6.27. The van der Waals surface area contributed by atoms with E-state index in [4.69, 9.17) is 12.2 Å². The van der Waals surface area contributed by atoms with E-state index in [1.54, 1.807) is 23.2 Å². The van der Waals surface area contributed by atoms with Crippen molar-refractivity contribution < 1.29 is 8.42 Å². The summed E-state index contributed by atoms with van der Waals surface area (Å²) in [4.78, 5) is 2.15. The number of allylic oxidation sites excluding steroid dienone is 1. The third-order valence-electron chi connectivity index (χ3n) is 4.38. The fourth-order valence-electron chi connectivity index (χ4n) is 2.86. The van der Waals surface area contributed by atoms with Crippen molar-refractivity contribution in [2.45, 2.75) is 13.2 Å². The lowest BCUT2D eigenvalue weighted by Crippen LogP contribution is -2.48. The van der Waals surface area contributed by atoms with Gasteiger partial charge in [-0.05, 0) is 23.9 Å². The Morgan fingerprint density at radius 1 is 1.15 bits per heavy atom. The van der Waals surface area contributed by atoms with Gasteiger partial charge in [-0.15, -0.1) is 6.58 Å². The van der Waals surface area contributed by atoms with Crippen molar-refractivity contribution in [3.05, 3.63) is 65.1 Å². The molecule has 0 radical (unpaired) electrons. The summed E-state index contributed by atoms with van der Waals surface area (Å²) in [5.41, 5.74) is 0.865. The van der Waals surface area contributed by atoms with Crippen LogP contribution in [0.2, 0.25) is 0 Å². The van der Waals surface area contributed by atoms with Crippen molar-refractivity contribution in [1.82, 2.24) is 23.6 Å². The summed E-state index contributed by atoms with van der Waals surface area (Å²) in [6.07, 6.45) is 5.10. The van der Waals surface area contributed by atoms with E-state index in [9.17, 15) is 8.42 Å². The van der Waals surface area contributed by atoms with Crippen LogP contribution in [0.5, 0.6) is 0 Å². The molecule has 1 saturated heterocycles. The Balaban J connectivity index is 1.57.